The topological polar surface area (TPSA) is 55.1 Å². The van der Waals surface area contributed by atoms with Gasteiger partial charge in [-0.05, 0) is 31.2 Å². The maximum absolute atomic E-state index is 12.1. The Labute approximate surface area is 116 Å². The minimum atomic E-state index is -0.192. The number of pyridine rings is 1. The molecule has 1 aromatic carbocycles. The van der Waals surface area contributed by atoms with E-state index >= 15 is 0 Å². The van der Waals surface area contributed by atoms with Gasteiger partial charge in [0.25, 0.3) is 5.91 Å². The molecule has 0 saturated carbocycles. The number of hydrogen-bond acceptors (Lipinski definition) is 3. The van der Waals surface area contributed by atoms with Gasteiger partial charge in [-0.15, -0.1) is 0 Å². The molecule has 0 aliphatic carbocycles. The van der Waals surface area contributed by atoms with Gasteiger partial charge in [-0.1, -0.05) is 18.2 Å². The highest BCUT2D eigenvalue weighted by molar-refractivity contribution is 5.94. The minimum Gasteiger partial charge on any atom is -0.459 e. The predicted molar refractivity (Wildman–Crippen MR) is 76.3 cm³/mol. The van der Waals surface area contributed by atoms with Crippen molar-refractivity contribution >= 4 is 16.9 Å². The molecule has 1 N–H and O–H groups in total. The molecule has 0 aliphatic heterocycles. The molecule has 1 unspecified atom stereocenters. The highest BCUT2D eigenvalue weighted by atomic mass is 16.3. The molecule has 0 fully saturated rings. The Bertz CT molecular complexity index is 701. The number of aromatic nitrogens is 1. The Hall–Kier alpha value is -2.62. The van der Waals surface area contributed by atoms with Crippen molar-refractivity contribution < 1.29 is 9.21 Å². The molecule has 2 heterocycles. The van der Waals surface area contributed by atoms with Gasteiger partial charge >= 0.3 is 0 Å². The number of fused-ring (bicyclic) bond motifs is 1. The number of carbonyl (C=O) groups excluding carboxylic acids is 1. The van der Waals surface area contributed by atoms with Gasteiger partial charge in [-0.3, -0.25) is 9.78 Å². The van der Waals surface area contributed by atoms with Crippen LogP contribution in [-0.4, -0.2) is 10.9 Å². The Balaban J connectivity index is 1.79. The van der Waals surface area contributed by atoms with E-state index in [0.29, 0.717) is 5.56 Å². The Morgan fingerprint density at radius 2 is 1.95 bits per heavy atom. The Morgan fingerprint density at radius 1 is 1.20 bits per heavy atom. The summed E-state index contributed by atoms with van der Waals surface area (Å²) < 4.78 is 5.74. The van der Waals surface area contributed by atoms with Gasteiger partial charge in [0.05, 0.1) is 6.04 Å². The lowest BCUT2D eigenvalue weighted by molar-refractivity contribution is 0.0935. The van der Waals surface area contributed by atoms with E-state index in [-0.39, 0.29) is 11.9 Å². The number of para-hydroxylation sites is 1. The smallest absolute Gasteiger partial charge is 0.251 e. The summed E-state index contributed by atoms with van der Waals surface area (Å²) in [5.74, 6) is 0.606. The molecule has 100 valence electrons. The van der Waals surface area contributed by atoms with Crippen molar-refractivity contribution in [2.24, 2.45) is 0 Å². The zero-order valence-corrected chi connectivity index (χ0v) is 11.0. The van der Waals surface area contributed by atoms with Crippen molar-refractivity contribution in [1.82, 2.24) is 10.3 Å². The van der Waals surface area contributed by atoms with E-state index in [0.717, 1.165) is 16.7 Å². The lowest BCUT2D eigenvalue weighted by Crippen LogP contribution is -2.26. The van der Waals surface area contributed by atoms with Crippen LogP contribution in [0, 0.1) is 0 Å². The van der Waals surface area contributed by atoms with E-state index < -0.39 is 0 Å². The molecular formula is C16H14N2O2. The fraction of sp³-hybridized carbons (Fsp3) is 0.125. The second-order valence-electron chi connectivity index (χ2n) is 4.62. The van der Waals surface area contributed by atoms with Crippen LogP contribution < -0.4 is 5.32 Å². The predicted octanol–water partition coefficient (Wildman–Crippen LogP) is 3.32. The number of carbonyl (C=O) groups is 1. The van der Waals surface area contributed by atoms with Crippen LogP contribution in [-0.2, 0) is 0 Å². The molecule has 1 atom stereocenters. The highest BCUT2D eigenvalue weighted by Gasteiger charge is 2.14. The maximum atomic E-state index is 12.1. The SMILES string of the molecule is CC(NC(=O)c1ccncc1)c1cc2ccccc2o1. The van der Waals surface area contributed by atoms with Gasteiger partial charge < -0.3 is 9.73 Å². The van der Waals surface area contributed by atoms with E-state index in [2.05, 4.69) is 10.3 Å². The number of amides is 1. The second kappa shape index (κ2) is 5.17. The van der Waals surface area contributed by atoms with Gasteiger partial charge in [0.15, 0.2) is 0 Å². The van der Waals surface area contributed by atoms with Gasteiger partial charge in [-0.2, -0.15) is 0 Å². The first-order valence-corrected chi connectivity index (χ1v) is 6.43. The first-order chi connectivity index (χ1) is 9.74. The average Bonchev–Trinajstić information content (AvgIpc) is 2.92. The second-order valence-corrected chi connectivity index (χ2v) is 4.62. The molecule has 3 aromatic rings. The molecule has 4 heteroatoms. The molecule has 0 spiro atoms. The van der Waals surface area contributed by atoms with E-state index in [9.17, 15) is 4.79 Å². The summed E-state index contributed by atoms with van der Waals surface area (Å²) >= 11 is 0. The number of rotatable bonds is 3. The lowest BCUT2D eigenvalue weighted by Gasteiger charge is -2.11. The quantitative estimate of drug-likeness (QED) is 0.791. The molecular weight excluding hydrogens is 252 g/mol. The zero-order chi connectivity index (χ0) is 13.9. The van der Waals surface area contributed by atoms with Crippen molar-refractivity contribution in [1.29, 1.82) is 0 Å². The Morgan fingerprint density at radius 3 is 2.70 bits per heavy atom. The van der Waals surface area contributed by atoms with Crippen LogP contribution in [0.5, 0.6) is 0 Å². The summed E-state index contributed by atoms with van der Waals surface area (Å²) in [6.07, 6.45) is 3.20. The fourth-order valence-electron chi connectivity index (χ4n) is 2.07. The lowest BCUT2D eigenvalue weighted by atomic mass is 10.2. The van der Waals surface area contributed by atoms with Gasteiger partial charge in [0.2, 0.25) is 0 Å². The number of nitrogens with one attached hydrogen (secondary N) is 1. The molecule has 0 aliphatic rings. The average molecular weight is 266 g/mol. The largest absolute Gasteiger partial charge is 0.459 e. The summed E-state index contributed by atoms with van der Waals surface area (Å²) in [7, 11) is 0. The Kier molecular flexibility index (Phi) is 3.21. The molecule has 4 nitrogen and oxygen atoms in total. The number of hydrogen-bond donors (Lipinski definition) is 1. The number of benzene rings is 1. The van der Waals surface area contributed by atoms with Crippen molar-refractivity contribution in [3.05, 3.63) is 66.2 Å². The molecule has 1 amide bonds. The summed E-state index contributed by atoms with van der Waals surface area (Å²) in [6, 6.07) is 12.9. The van der Waals surface area contributed by atoms with E-state index in [1.165, 1.54) is 0 Å². The summed E-state index contributed by atoms with van der Waals surface area (Å²) in [6.45, 7) is 1.90. The molecule has 2 aromatic heterocycles. The number of nitrogens with zero attached hydrogens (tertiary/aromatic N) is 1. The third-order valence-corrected chi connectivity index (χ3v) is 3.16. The van der Waals surface area contributed by atoms with E-state index in [1.807, 2.05) is 37.3 Å². The van der Waals surface area contributed by atoms with Crippen molar-refractivity contribution in [3.8, 4) is 0 Å². The molecule has 20 heavy (non-hydrogen) atoms. The third kappa shape index (κ3) is 2.40. The van der Waals surface area contributed by atoms with E-state index in [4.69, 9.17) is 4.42 Å². The summed E-state index contributed by atoms with van der Waals surface area (Å²) in [5.41, 5.74) is 1.41. The van der Waals surface area contributed by atoms with Crippen LogP contribution in [0.15, 0.2) is 59.3 Å². The van der Waals surface area contributed by atoms with Crippen LogP contribution in [0.4, 0.5) is 0 Å². The number of furan rings is 1. The monoisotopic (exact) mass is 266 g/mol. The summed E-state index contributed by atoms with van der Waals surface area (Å²) in [5, 5.41) is 3.95. The molecule has 0 radical (unpaired) electrons. The highest BCUT2D eigenvalue weighted by Crippen LogP contribution is 2.23. The van der Waals surface area contributed by atoms with Crippen LogP contribution in [0.1, 0.15) is 29.1 Å². The van der Waals surface area contributed by atoms with Gasteiger partial charge in [0, 0.05) is 23.3 Å². The normalized spacial score (nSPS) is 12.2. The van der Waals surface area contributed by atoms with Gasteiger partial charge in [0.1, 0.15) is 11.3 Å². The first-order valence-electron chi connectivity index (χ1n) is 6.43. The van der Waals surface area contributed by atoms with Crippen molar-refractivity contribution in [2.45, 2.75) is 13.0 Å². The van der Waals surface area contributed by atoms with Crippen molar-refractivity contribution in [2.75, 3.05) is 0 Å². The fourth-order valence-corrected chi connectivity index (χ4v) is 2.07. The minimum absolute atomic E-state index is 0.139. The molecule has 0 saturated heterocycles. The standard InChI is InChI=1S/C16H14N2O2/c1-11(18-16(19)12-6-8-17-9-7-12)15-10-13-4-2-3-5-14(13)20-15/h2-11H,1H3,(H,18,19). The van der Waals surface area contributed by atoms with Crippen LogP contribution >= 0.6 is 0 Å². The van der Waals surface area contributed by atoms with Crippen LogP contribution in [0.2, 0.25) is 0 Å². The summed E-state index contributed by atoms with van der Waals surface area (Å²) in [4.78, 5) is 16.0. The van der Waals surface area contributed by atoms with Crippen LogP contribution in [0.3, 0.4) is 0 Å². The molecule has 3 rings (SSSR count). The third-order valence-electron chi connectivity index (χ3n) is 3.16. The zero-order valence-electron chi connectivity index (χ0n) is 11.0. The molecule has 0 bridgehead atoms. The first kappa shape index (κ1) is 12.4. The maximum Gasteiger partial charge on any atom is 0.251 e. The van der Waals surface area contributed by atoms with Gasteiger partial charge in [-0.25, -0.2) is 0 Å². The van der Waals surface area contributed by atoms with Crippen molar-refractivity contribution in [3.63, 3.8) is 0 Å². The van der Waals surface area contributed by atoms with Crippen LogP contribution in [0.25, 0.3) is 11.0 Å². The van der Waals surface area contributed by atoms with E-state index in [1.54, 1.807) is 24.5 Å².